The van der Waals surface area contributed by atoms with E-state index in [0.717, 1.165) is 29.2 Å². The molecule has 0 spiro atoms. The standard InChI is InChI=1S/C15H20ClN3O/c1-4-19-14(7-10(2)18-19)13(17)9-11-8-12(16)5-6-15(11)20-3/h5-8,13H,4,9,17H2,1-3H3. The minimum Gasteiger partial charge on any atom is -0.496 e. The van der Waals surface area contributed by atoms with Crippen LogP contribution in [0.2, 0.25) is 5.02 Å². The molecule has 0 fully saturated rings. The second kappa shape index (κ2) is 6.29. The van der Waals surface area contributed by atoms with Crippen LogP contribution in [0, 0.1) is 6.92 Å². The Morgan fingerprint density at radius 1 is 1.40 bits per heavy atom. The Morgan fingerprint density at radius 3 is 2.80 bits per heavy atom. The van der Waals surface area contributed by atoms with Gasteiger partial charge in [0.25, 0.3) is 0 Å². The number of hydrogen-bond donors (Lipinski definition) is 1. The van der Waals surface area contributed by atoms with Gasteiger partial charge in [-0.25, -0.2) is 0 Å². The third-order valence-electron chi connectivity index (χ3n) is 3.29. The highest BCUT2D eigenvalue weighted by atomic mass is 35.5. The molecule has 5 heteroatoms. The first-order valence-corrected chi connectivity index (χ1v) is 7.05. The highest BCUT2D eigenvalue weighted by Gasteiger charge is 2.16. The van der Waals surface area contributed by atoms with Crippen LogP contribution in [0.1, 0.15) is 29.9 Å². The minimum atomic E-state index is -0.136. The first-order chi connectivity index (χ1) is 9.55. The molecule has 1 unspecified atom stereocenters. The van der Waals surface area contributed by atoms with Crippen molar-refractivity contribution in [1.82, 2.24) is 9.78 Å². The summed E-state index contributed by atoms with van der Waals surface area (Å²) in [4.78, 5) is 0. The maximum atomic E-state index is 6.33. The SMILES string of the molecule is CCn1nc(C)cc1C(N)Cc1cc(Cl)ccc1OC. The molecule has 0 aliphatic rings. The second-order valence-electron chi connectivity index (χ2n) is 4.79. The molecule has 0 radical (unpaired) electrons. The number of aryl methyl sites for hydroxylation is 2. The molecule has 4 nitrogen and oxygen atoms in total. The molecule has 1 atom stereocenters. The third kappa shape index (κ3) is 3.14. The summed E-state index contributed by atoms with van der Waals surface area (Å²) in [5, 5.41) is 5.12. The molecule has 1 aromatic carbocycles. The maximum absolute atomic E-state index is 6.33. The summed E-state index contributed by atoms with van der Waals surface area (Å²) in [5.74, 6) is 0.809. The van der Waals surface area contributed by atoms with Gasteiger partial charge in [0.05, 0.1) is 24.5 Å². The number of benzene rings is 1. The minimum absolute atomic E-state index is 0.136. The van der Waals surface area contributed by atoms with Crippen LogP contribution in [0.5, 0.6) is 5.75 Å². The van der Waals surface area contributed by atoms with Gasteiger partial charge < -0.3 is 10.5 Å². The Hall–Kier alpha value is -1.52. The van der Waals surface area contributed by atoms with Gasteiger partial charge in [0.1, 0.15) is 5.75 Å². The molecule has 20 heavy (non-hydrogen) atoms. The van der Waals surface area contributed by atoms with Crippen LogP contribution in [-0.2, 0) is 13.0 Å². The number of hydrogen-bond acceptors (Lipinski definition) is 3. The number of methoxy groups -OCH3 is 1. The van der Waals surface area contributed by atoms with Crippen molar-refractivity contribution in [1.29, 1.82) is 0 Å². The van der Waals surface area contributed by atoms with Gasteiger partial charge in [-0.2, -0.15) is 5.10 Å². The van der Waals surface area contributed by atoms with Gasteiger partial charge in [-0.15, -0.1) is 0 Å². The molecule has 1 aromatic heterocycles. The molecule has 0 bridgehead atoms. The summed E-state index contributed by atoms with van der Waals surface area (Å²) in [6.45, 7) is 4.84. The molecule has 1 heterocycles. The van der Waals surface area contributed by atoms with Crippen molar-refractivity contribution < 1.29 is 4.74 Å². The van der Waals surface area contributed by atoms with Gasteiger partial charge in [0.2, 0.25) is 0 Å². The van der Waals surface area contributed by atoms with Gasteiger partial charge in [0, 0.05) is 11.6 Å². The number of rotatable bonds is 5. The summed E-state index contributed by atoms with van der Waals surface area (Å²) in [7, 11) is 1.65. The van der Waals surface area contributed by atoms with Crippen molar-refractivity contribution >= 4 is 11.6 Å². The predicted octanol–water partition coefficient (Wildman–Crippen LogP) is 3.12. The monoisotopic (exact) mass is 293 g/mol. The lowest BCUT2D eigenvalue weighted by atomic mass is 10.0. The third-order valence-corrected chi connectivity index (χ3v) is 3.53. The molecule has 2 aromatic rings. The highest BCUT2D eigenvalue weighted by Crippen LogP contribution is 2.27. The Labute approximate surface area is 124 Å². The second-order valence-corrected chi connectivity index (χ2v) is 5.23. The summed E-state index contributed by atoms with van der Waals surface area (Å²) >= 11 is 6.05. The fourth-order valence-corrected chi connectivity index (χ4v) is 2.56. The maximum Gasteiger partial charge on any atom is 0.122 e. The largest absolute Gasteiger partial charge is 0.496 e. The summed E-state index contributed by atoms with van der Waals surface area (Å²) in [6, 6.07) is 7.48. The van der Waals surface area contributed by atoms with E-state index in [4.69, 9.17) is 22.1 Å². The summed E-state index contributed by atoms with van der Waals surface area (Å²) < 4.78 is 7.30. The first kappa shape index (κ1) is 14.9. The Balaban J connectivity index is 2.27. The van der Waals surface area contributed by atoms with Crippen molar-refractivity contribution in [3.8, 4) is 5.75 Å². The van der Waals surface area contributed by atoms with E-state index in [-0.39, 0.29) is 6.04 Å². The average Bonchev–Trinajstić information content (AvgIpc) is 2.80. The lowest BCUT2D eigenvalue weighted by Crippen LogP contribution is -2.18. The molecular formula is C15H20ClN3O. The van der Waals surface area contributed by atoms with Crippen LogP contribution >= 0.6 is 11.6 Å². The zero-order chi connectivity index (χ0) is 14.7. The smallest absolute Gasteiger partial charge is 0.122 e. The van der Waals surface area contributed by atoms with E-state index >= 15 is 0 Å². The van der Waals surface area contributed by atoms with Crippen LogP contribution < -0.4 is 10.5 Å². The van der Waals surface area contributed by atoms with Gasteiger partial charge in [-0.1, -0.05) is 11.6 Å². The first-order valence-electron chi connectivity index (χ1n) is 6.67. The summed E-state index contributed by atoms with van der Waals surface area (Å²) in [5.41, 5.74) is 9.36. The normalized spacial score (nSPS) is 12.4. The zero-order valence-corrected chi connectivity index (χ0v) is 12.8. The molecule has 0 saturated carbocycles. The molecule has 0 saturated heterocycles. The van der Waals surface area contributed by atoms with Crippen molar-refractivity contribution in [2.45, 2.75) is 32.9 Å². The average molecular weight is 294 g/mol. The topological polar surface area (TPSA) is 53.1 Å². The fraction of sp³-hybridized carbons (Fsp3) is 0.400. The molecule has 2 rings (SSSR count). The number of halogens is 1. The Kier molecular flexibility index (Phi) is 4.68. The zero-order valence-electron chi connectivity index (χ0n) is 12.1. The molecule has 0 amide bonds. The number of ether oxygens (including phenoxy) is 1. The van der Waals surface area contributed by atoms with Crippen LogP contribution in [-0.4, -0.2) is 16.9 Å². The van der Waals surface area contributed by atoms with Gasteiger partial charge in [0.15, 0.2) is 0 Å². The molecule has 0 aliphatic carbocycles. The lowest BCUT2D eigenvalue weighted by molar-refractivity contribution is 0.407. The fourth-order valence-electron chi connectivity index (χ4n) is 2.37. The number of nitrogens with two attached hydrogens (primary N) is 1. The highest BCUT2D eigenvalue weighted by molar-refractivity contribution is 6.30. The van der Waals surface area contributed by atoms with E-state index in [1.165, 1.54) is 0 Å². The van der Waals surface area contributed by atoms with Crippen molar-refractivity contribution in [2.75, 3.05) is 7.11 Å². The van der Waals surface area contributed by atoms with E-state index in [1.807, 2.05) is 35.9 Å². The van der Waals surface area contributed by atoms with Crippen molar-refractivity contribution in [2.24, 2.45) is 5.73 Å². The van der Waals surface area contributed by atoms with Crippen LogP contribution in [0.3, 0.4) is 0 Å². The van der Waals surface area contributed by atoms with E-state index in [9.17, 15) is 0 Å². The van der Waals surface area contributed by atoms with Crippen molar-refractivity contribution in [3.05, 3.63) is 46.2 Å². The predicted molar refractivity (Wildman–Crippen MR) is 81.3 cm³/mol. The van der Waals surface area contributed by atoms with E-state index in [0.29, 0.717) is 11.4 Å². The molecule has 108 valence electrons. The number of aromatic nitrogens is 2. The van der Waals surface area contributed by atoms with Crippen LogP contribution in [0.15, 0.2) is 24.3 Å². The van der Waals surface area contributed by atoms with Gasteiger partial charge >= 0.3 is 0 Å². The lowest BCUT2D eigenvalue weighted by Gasteiger charge is -2.15. The summed E-state index contributed by atoms with van der Waals surface area (Å²) in [6.07, 6.45) is 0.662. The van der Waals surface area contributed by atoms with E-state index in [1.54, 1.807) is 7.11 Å². The quantitative estimate of drug-likeness (QED) is 0.921. The van der Waals surface area contributed by atoms with E-state index in [2.05, 4.69) is 12.0 Å². The molecular weight excluding hydrogens is 274 g/mol. The Bertz CT molecular complexity index is 595. The van der Waals surface area contributed by atoms with Gasteiger partial charge in [-0.3, -0.25) is 4.68 Å². The Morgan fingerprint density at radius 2 is 2.15 bits per heavy atom. The molecule has 2 N–H and O–H groups in total. The number of nitrogens with zero attached hydrogens (tertiary/aromatic N) is 2. The van der Waals surface area contributed by atoms with E-state index < -0.39 is 0 Å². The van der Waals surface area contributed by atoms with Crippen molar-refractivity contribution in [3.63, 3.8) is 0 Å². The van der Waals surface area contributed by atoms with Gasteiger partial charge in [-0.05, 0) is 50.1 Å². The van der Waals surface area contributed by atoms with Crippen LogP contribution in [0.25, 0.3) is 0 Å². The van der Waals surface area contributed by atoms with Crippen LogP contribution in [0.4, 0.5) is 0 Å². The molecule has 0 aliphatic heterocycles.